The van der Waals surface area contributed by atoms with Crippen molar-refractivity contribution in [2.75, 3.05) is 11.9 Å². The van der Waals surface area contributed by atoms with E-state index in [1.54, 1.807) is 6.07 Å². The second-order valence-corrected chi connectivity index (χ2v) is 3.59. The normalized spacial score (nSPS) is 11.9. The first-order chi connectivity index (χ1) is 7.61. The summed E-state index contributed by atoms with van der Waals surface area (Å²) in [6.07, 6.45) is 0.705. The zero-order chi connectivity index (χ0) is 12.0. The van der Waals surface area contributed by atoms with Crippen molar-refractivity contribution < 1.29 is 9.18 Å². The number of nitrogens with two attached hydrogens (primary N) is 1. The van der Waals surface area contributed by atoms with E-state index in [9.17, 15) is 9.18 Å². The lowest BCUT2D eigenvalue weighted by Gasteiger charge is -2.13. The highest BCUT2D eigenvalue weighted by molar-refractivity contribution is 5.89. The van der Waals surface area contributed by atoms with E-state index in [0.29, 0.717) is 18.7 Å². The topological polar surface area (TPSA) is 67.1 Å². The molecule has 0 spiro atoms. The molecule has 1 aromatic carbocycles. The van der Waals surface area contributed by atoms with Crippen molar-refractivity contribution in [1.82, 2.24) is 5.32 Å². The third kappa shape index (κ3) is 4.27. The molecule has 0 saturated heterocycles. The largest absolute Gasteiger partial charge is 0.335 e. The number of anilines is 1. The minimum absolute atomic E-state index is 0.00133. The Morgan fingerprint density at radius 2 is 2.31 bits per heavy atom. The van der Waals surface area contributed by atoms with Crippen LogP contribution in [0.25, 0.3) is 0 Å². The van der Waals surface area contributed by atoms with Gasteiger partial charge in [0.2, 0.25) is 0 Å². The van der Waals surface area contributed by atoms with Crippen LogP contribution in [0.5, 0.6) is 0 Å². The van der Waals surface area contributed by atoms with Crippen LogP contribution in [-0.2, 0) is 0 Å². The Morgan fingerprint density at radius 3 is 2.94 bits per heavy atom. The number of halogens is 1. The third-order valence-corrected chi connectivity index (χ3v) is 2.06. The number of rotatable bonds is 4. The first-order valence-electron chi connectivity index (χ1n) is 5.15. The quantitative estimate of drug-likeness (QED) is 0.729. The zero-order valence-electron chi connectivity index (χ0n) is 9.16. The minimum atomic E-state index is -0.382. The highest BCUT2D eigenvalue weighted by Gasteiger charge is 2.06. The number of amides is 2. The number of hydrogen-bond donors (Lipinski definition) is 3. The number of nitrogens with one attached hydrogen (secondary N) is 2. The van der Waals surface area contributed by atoms with Gasteiger partial charge in [-0.05, 0) is 38.1 Å². The summed E-state index contributed by atoms with van der Waals surface area (Å²) in [4.78, 5) is 11.4. The summed E-state index contributed by atoms with van der Waals surface area (Å²) in [5.74, 6) is -0.382. The second kappa shape index (κ2) is 6.07. The molecule has 16 heavy (non-hydrogen) atoms. The molecule has 5 heteroatoms. The molecule has 0 aliphatic heterocycles. The van der Waals surface area contributed by atoms with Crippen LogP contribution in [0.3, 0.4) is 0 Å². The van der Waals surface area contributed by atoms with Crippen molar-refractivity contribution >= 4 is 11.7 Å². The summed E-state index contributed by atoms with van der Waals surface area (Å²) in [5.41, 5.74) is 5.78. The van der Waals surface area contributed by atoms with Crippen LogP contribution in [0, 0.1) is 5.82 Å². The molecule has 0 aromatic heterocycles. The molecule has 0 radical (unpaired) electrons. The van der Waals surface area contributed by atoms with E-state index in [4.69, 9.17) is 5.73 Å². The van der Waals surface area contributed by atoms with Gasteiger partial charge in [-0.25, -0.2) is 9.18 Å². The molecule has 1 rings (SSSR count). The molecule has 0 aliphatic rings. The predicted molar refractivity (Wildman–Crippen MR) is 61.7 cm³/mol. The van der Waals surface area contributed by atoms with E-state index in [0.717, 1.165) is 0 Å². The van der Waals surface area contributed by atoms with Crippen LogP contribution in [0.1, 0.15) is 13.3 Å². The van der Waals surface area contributed by atoms with Crippen LogP contribution in [-0.4, -0.2) is 18.6 Å². The highest BCUT2D eigenvalue weighted by atomic mass is 19.1. The Labute approximate surface area is 94.0 Å². The summed E-state index contributed by atoms with van der Waals surface area (Å²) in [7, 11) is 0. The van der Waals surface area contributed by atoms with E-state index in [1.165, 1.54) is 18.2 Å². The van der Waals surface area contributed by atoms with Crippen molar-refractivity contribution in [2.24, 2.45) is 5.73 Å². The molecule has 4 N–H and O–H groups in total. The van der Waals surface area contributed by atoms with Crippen molar-refractivity contribution in [1.29, 1.82) is 0 Å². The molecule has 0 fully saturated rings. The van der Waals surface area contributed by atoms with E-state index < -0.39 is 0 Å². The number of urea groups is 1. The van der Waals surface area contributed by atoms with Gasteiger partial charge < -0.3 is 16.4 Å². The average Bonchev–Trinajstić information content (AvgIpc) is 2.17. The fourth-order valence-electron chi connectivity index (χ4n) is 1.28. The lowest BCUT2D eigenvalue weighted by molar-refractivity contribution is 0.249. The Balaban J connectivity index is 2.45. The molecular weight excluding hydrogens is 209 g/mol. The lowest BCUT2D eigenvalue weighted by Crippen LogP contribution is -2.37. The molecule has 0 heterocycles. The molecule has 88 valence electrons. The minimum Gasteiger partial charge on any atom is -0.335 e. The van der Waals surface area contributed by atoms with Gasteiger partial charge in [0.1, 0.15) is 5.82 Å². The summed E-state index contributed by atoms with van der Waals surface area (Å²) < 4.78 is 12.8. The molecular formula is C11H16FN3O. The van der Waals surface area contributed by atoms with Gasteiger partial charge in [0.25, 0.3) is 0 Å². The van der Waals surface area contributed by atoms with Gasteiger partial charge in [0.15, 0.2) is 0 Å². The third-order valence-electron chi connectivity index (χ3n) is 2.06. The van der Waals surface area contributed by atoms with Crippen LogP contribution >= 0.6 is 0 Å². The van der Waals surface area contributed by atoms with E-state index in [1.807, 2.05) is 6.92 Å². The standard InChI is InChI=1S/C11H16FN3O/c1-8(5-6-13)14-11(16)15-10-4-2-3-9(12)7-10/h2-4,7-8H,5-6,13H2,1H3,(H2,14,15,16). The molecule has 1 unspecified atom stereocenters. The van der Waals surface area contributed by atoms with Gasteiger partial charge in [0, 0.05) is 11.7 Å². The Kier molecular flexibility index (Phi) is 4.72. The summed E-state index contributed by atoms with van der Waals surface area (Å²) in [6.45, 7) is 2.37. The van der Waals surface area contributed by atoms with Crippen molar-refractivity contribution in [3.63, 3.8) is 0 Å². The fourth-order valence-corrected chi connectivity index (χ4v) is 1.28. The van der Waals surface area contributed by atoms with Gasteiger partial charge in [-0.2, -0.15) is 0 Å². The molecule has 2 amide bonds. The van der Waals surface area contributed by atoms with Gasteiger partial charge in [0.05, 0.1) is 0 Å². The Bertz CT molecular complexity index is 357. The summed E-state index contributed by atoms with van der Waals surface area (Å²) in [6, 6.07) is 5.38. The number of benzene rings is 1. The van der Waals surface area contributed by atoms with Crippen LogP contribution < -0.4 is 16.4 Å². The van der Waals surface area contributed by atoms with Gasteiger partial charge >= 0.3 is 6.03 Å². The Morgan fingerprint density at radius 1 is 1.56 bits per heavy atom. The first kappa shape index (κ1) is 12.4. The first-order valence-corrected chi connectivity index (χ1v) is 5.15. The molecule has 1 atom stereocenters. The Hall–Kier alpha value is -1.62. The van der Waals surface area contributed by atoms with Gasteiger partial charge in [-0.15, -0.1) is 0 Å². The monoisotopic (exact) mass is 225 g/mol. The second-order valence-electron chi connectivity index (χ2n) is 3.59. The molecule has 0 saturated carbocycles. The van der Waals surface area contributed by atoms with Gasteiger partial charge in [-0.1, -0.05) is 6.07 Å². The summed E-state index contributed by atoms with van der Waals surface area (Å²) >= 11 is 0. The van der Waals surface area contributed by atoms with Crippen molar-refractivity contribution in [2.45, 2.75) is 19.4 Å². The van der Waals surface area contributed by atoms with E-state index >= 15 is 0 Å². The number of carbonyl (C=O) groups excluding carboxylic acids is 1. The lowest BCUT2D eigenvalue weighted by atomic mass is 10.2. The predicted octanol–water partition coefficient (Wildman–Crippen LogP) is 1.68. The van der Waals surface area contributed by atoms with Crippen molar-refractivity contribution in [3.8, 4) is 0 Å². The van der Waals surface area contributed by atoms with Crippen LogP contribution in [0.4, 0.5) is 14.9 Å². The zero-order valence-corrected chi connectivity index (χ0v) is 9.16. The van der Waals surface area contributed by atoms with Crippen LogP contribution in [0.15, 0.2) is 24.3 Å². The van der Waals surface area contributed by atoms with E-state index in [2.05, 4.69) is 10.6 Å². The SMILES string of the molecule is CC(CCN)NC(=O)Nc1cccc(F)c1. The highest BCUT2D eigenvalue weighted by Crippen LogP contribution is 2.08. The average molecular weight is 225 g/mol. The summed E-state index contributed by atoms with van der Waals surface area (Å²) in [5, 5.41) is 5.24. The maximum atomic E-state index is 12.8. The number of carbonyl (C=O) groups is 1. The maximum absolute atomic E-state index is 12.8. The van der Waals surface area contributed by atoms with E-state index in [-0.39, 0.29) is 17.9 Å². The smallest absolute Gasteiger partial charge is 0.319 e. The molecule has 1 aromatic rings. The molecule has 4 nitrogen and oxygen atoms in total. The molecule has 0 bridgehead atoms. The fraction of sp³-hybridized carbons (Fsp3) is 0.364. The number of hydrogen-bond acceptors (Lipinski definition) is 2. The van der Waals surface area contributed by atoms with Crippen LogP contribution in [0.2, 0.25) is 0 Å². The molecule has 0 aliphatic carbocycles. The maximum Gasteiger partial charge on any atom is 0.319 e. The van der Waals surface area contributed by atoms with Gasteiger partial charge in [-0.3, -0.25) is 0 Å². The van der Waals surface area contributed by atoms with Crippen molar-refractivity contribution in [3.05, 3.63) is 30.1 Å².